The normalized spacial score (nSPS) is 24.7. The minimum Gasteiger partial charge on any atom is -0.379 e. The minimum atomic E-state index is -0.185. The number of carbonyl (C=O) groups is 1. The Kier molecular flexibility index (Phi) is 4.49. The van der Waals surface area contributed by atoms with Gasteiger partial charge >= 0.3 is 0 Å². The van der Waals surface area contributed by atoms with Crippen molar-refractivity contribution < 1.29 is 14.1 Å². The lowest BCUT2D eigenvalue weighted by molar-refractivity contribution is -0.131. The van der Waals surface area contributed by atoms with E-state index in [1.807, 2.05) is 25.7 Å². The van der Waals surface area contributed by atoms with Crippen LogP contribution in [0.2, 0.25) is 0 Å². The van der Waals surface area contributed by atoms with Crippen molar-refractivity contribution in [1.29, 1.82) is 0 Å². The minimum absolute atomic E-state index is 0.185. The average molecular weight is 307 g/mol. The van der Waals surface area contributed by atoms with E-state index in [1.165, 1.54) is 0 Å². The maximum Gasteiger partial charge on any atom is 0.230 e. The summed E-state index contributed by atoms with van der Waals surface area (Å²) in [6.45, 7) is 11.0. The van der Waals surface area contributed by atoms with Crippen molar-refractivity contribution in [3.8, 4) is 0 Å². The standard InChI is InChI=1S/C16H25N3O3/c1-11(15-12(2)17-22-13(15)3)16(20)19-5-4-14(10-19)18-6-8-21-9-7-18/h11,14H,4-10H2,1-3H3. The fourth-order valence-electron chi connectivity index (χ4n) is 3.69. The van der Waals surface area contributed by atoms with E-state index in [0.717, 1.165) is 62.8 Å². The highest BCUT2D eigenvalue weighted by Gasteiger charge is 2.34. The molecule has 0 saturated carbocycles. The molecule has 0 spiro atoms. The summed E-state index contributed by atoms with van der Waals surface area (Å²) in [5, 5.41) is 3.97. The van der Waals surface area contributed by atoms with Gasteiger partial charge < -0.3 is 14.2 Å². The van der Waals surface area contributed by atoms with Gasteiger partial charge in [-0.3, -0.25) is 9.69 Å². The van der Waals surface area contributed by atoms with Gasteiger partial charge in [0.2, 0.25) is 5.91 Å². The number of aryl methyl sites for hydroxylation is 2. The molecule has 2 unspecified atom stereocenters. The second kappa shape index (κ2) is 6.38. The van der Waals surface area contributed by atoms with Gasteiger partial charge in [-0.2, -0.15) is 0 Å². The zero-order valence-corrected chi connectivity index (χ0v) is 13.7. The highest BCUT2D eigenvalue weighted by atomic mass is 16.5. The first-order valence-corrected chi connectivity index (χ1v) is 8.11. The van der Waals surface area contributed by atoms with E-state index >= 15 is 0 Å². The molecule has 3 rings (SSSR count). The Morgan fingerprint density at radius 2 is 2.00 bits per heavy atom. The van der Waals surface area contributed by atoms with E-state index in [9.17, 15) is 4.79 Å². The van der Waals surface area contributed by atoms with E-state index in [0.29, 0.717) is 6.04 Å². The van der Waals surface area contributed by atoms with Crippen LogP contribution in [0.15, 0.2) is 4.52 Å². The highest BCUT2D eigenvalue weighted by Crippen LogP contribution is 2.27. The van der Waals surface area contributed by atoms with Crippen LogP contribution in [0.25, 0.3) is 0 Å². The predicted molar refractivity (Wildman–Crippen MR) is 81.8 cm³/mol. The zero-order chi connectivity index (χ0) is 15.7. The fraction of sp³-hybridized carbons (Fsp3) is 0.750. The van der Waals surface area contributed by atoms with Crippen molar-refractivity contribution in [1.82, 2.24) is 15.0 Å². The first-order chi connectivity index (χ1) is 10.6. The first kappa shape index (κ1) is 15.5. The number of amides is 1. The molecule has 2 aliphatic heterocycles. The molecule has 0 aromatic carbocycles. The van der Waals surface area contributed by atoms with Crippen LogP contribution in [0, 0.1) is 13.8 Å². The van der Waals surface area contributed by atoms with Gasteiger partial charge in [-0.25, -0.2) is 0 Å². The largest absolute Gasteiger partial charge is 0.379 e. The molecule has 2 fully saturated rings. The number of rotatable bonds is 3. The lowest BCUT2D eigenvalue weighted by atomic mass is 9.98. The van der Waals surface area contributed by atoms with Crippen LogP contribution in [-0.4, -0.2) is 66.3 Å². The van der Waals surface area contributed by atoms with Crippen LogP contribution in [0.3, 0.4) is 0 Å². The maximum atomic E-state index is 12.8. The molecule has 1 aromatic heterocycles. The third-order valence-corrected chi connectivity index (χ3v) is 4.93. The molecule has 1 amide bonds. The summed E-state index contributed by atoms with van der Waals surface area (Å²) < 4.78 is 10.6. The number of nitrogens with zero attached hydrogens (tertiary/aromatic N) is 3. The molecule has 6 nitrogen and oxygen atoms in total. The molecule has 0 bridgehead atoms. The number of morpholine rings is 1. The monoisotopic (exact) mass is 307 g/mol. The number of hydrogen-bond acceptors (Lipinski definition) is 5. The molecule has 2 atom stereocenters. The van der Waals surface area contributed by atoms with E-state index in [4.69, 9.17) is 9.26 Å². The molecule has 122 valence electrons. The lowest BCUT2D eigenvalue weighted by Gasteiger charge is -2.32. The van der Waals surface area contributed by atoms with E-state index in [2.05, 4.69) is 10.1 Å². The topological polar surface area (TPSA) is 58.8 Å². The van der Waals surface area contributed by atoms with Crippen LogP contribution < -0.4 is 0 Å². The third kappa shape index (κ3) is 2.90. The molecule has 3 heterocycles. The van der Waals surface area contributed by atoms with Gasteiger partial charge in [0.05, 0.1) is 24.8 Å². The van der Waals surface area contributed by atoms with E-state index < -0.39 is 0 Å². The van der Waals surface area contributed by atoms with Crippen LogP contribution in [0.4, 0.5) is 0 Å². The summed E-state index contributed by atoms with van der Waals surface area (Å²) in [6, 6.07) is 0.477. The van der Waals surface area contributed by atoms with Crippen LogP contribution in [0.1, 0.15) is 36.3 Å². The van der Waals surface area contributed by atoms with Gasteiger partial charge in [0.25, 0.3) is 0 Å². The summed E-state index contributed by atoms with van der Waals surface area (Å²) in [5.74, 6) is 0.752. The van der Waals surface area contributed by atoms with Crippen LogP contribution >= 0.6 is 0 Å². The molecule has 2 aliphatic rings. The van der Waals surface area contributed by atoms with Crippen molar-refractivity contribution in [2.45, 2.75) is 39.2 Å². The highest BCUT2D eigenvalue weighted by molar-refractivity contribution is 5.84. The third-order valence-electron chi connectivity index (χ3n) is 4.93. The van der Waals surface area contributed by atoms with E-state index in [1.54, 1.807) is 0 Å². The maximum absolute atomic E-state index is 12.8. The van der Waals surface area contributed by atoms with Crippen LogP contribution in [-0.2, 0) is 9.53 Å². The van der Waals surface area contributed by atoms with Gasteiger partial charge in [-0.05, 0) is 27.2 Å². The summed E-state index contributed by atoms with van der Waals surface area (Å²) in [7, 11) is 0. The van der Waals surface area contributed by atoms with Crippen molar-refractivity contribution in [2.75, 3.05) is 39.4 Å². The fourth-order valence-corrected chi connectivity index (χ4v) is 3.69. The van der Waals surface area contributed by atoms with Crippen molar-refractivity contribution >= 4 is 5.91 Å². The summed E-state index contributed by atoms with van der Waals surface area (Å²) in [4.78, 5) is 17.2. The number of ether oxygens (including phenoxy) is 1. The zero-order valence-electron chi connectivity index (χ0n) is 13.7. The second-order valence-electron chi connectivity index (χ2n) is 6.33. The molecule has 0 N–H and O–H groups in total. The quantitative estimate of drug-likeness (QED) is 0.843. The second-order valence-corrected chi connectivity index (χ2v) is 6.33. The van der Waals surface area contributed by atoms with Gasteiger partial charge in [0, 0.05) is 37.8 Å². The summed E-state index contributed by atoms with van der Waals surface area (Å²) >= 11 is 0. The molecular weight excluding hydrogens is 282 g/mol. The predicted octanol–water partition coefficient (Wildman–Crippen LogP) is 1.33. The molecule has 0 radical (unpaired) electrons. The number of carbonyl (C=O) groups excluding carboxylic acids is 1. The SMILES string of the molecule is Cc1noc(C)c1C(C)C(=O)N1CCC(N2CCOCC2)C1. The Morgan fingerprint density at radius 1 is 1.27 bits per heavy atom. The van der Waals surface area contributed by atoms with Gasteiger partial charge in [-0.15, -0.1) is 0 Å². The Hall–Kier alpha value is -1.40. The molecule has 0 aliphatic carbocycles. The van der Waals surface area contributed by atoms with Gasteiger partial charge in [0.15, 0.2) is 0 Å². The van der Waals surface area contributed by atoms with Crippen molar-refractivity contribution in [2.24, 2.45) is 0 Å². The number of hydrogen-bond donors (Lipinski definition) is 0. The van der Waals surface area contributed by atoms with Crippen molar-refractivity contribution in [3.63, 3.8) is 0 Å². The number of likely N-dealkylation sites (tertiary alicyclic amines) is 1. The molecular formula is C16H25N3O3. The summed E-state index contributed by atoms with van der Waals surface area (Å²) in [5.41, 5.74) is 1.77. The molecule has 1 aromatic rings. The Labute approximate surface area is 131 Å². The number of aromatic nitrogens is 1. The first-order valence-electron chi connectivity index (χ1n) is 8.11. The Bertz CT molecular complexity index is 517. The van der Waals surface area contributed by atoms with E-state index in [-0.39, 0.29) is 11.8 Å². The summed E-state index contributed by atoms with van der Waals surface area (Å²) in [6.07, 6.45) is 1.06. The smallest absolute Gasteiger partial charge is 0.230 e. The van der Waals surface area contributed by atoms with Crippen LogP contribution in [0.5, 0.6) is 0 Å². The molecule has 6 heteroatoms. The molecule has 22 heavy (non-hydrogen) atoms. The van der Waals surface area contributed by atoms with Gasteiger partial charge in [0.1, 0.15) is 5.76 Å². The lowest BCUT2D eigenvalue weighted by Crippen LogP contribution is -2.45. The van der Waals surface area contributed by atoms with Crippen molar-refractivity contribution in [3.05, 3.63) is 17.0 Å². The molecule has 2 saturated heterocycles. The Morgan fingerprint density at radius 3 is 2.64 bits per heavy atom. The Balaban J connectivity index is 1.63. The average Bonchev–Trinajstić information content (AvgIpc) is 3.14. The van der Waals surface area contributed by atoms with Gasteiger partial charge in [-0.1, -0.05) is 5.16 Å².